The highest BCUT2D eigenvalue weighted by atomic mass is 35.5. The first-order valence-electron chi connectivity index (χ1n) is 7.21. The van der Waals surface area contributed by atoms with Crippen LogP contribution in [-0.2, 0) is 0 Å². The summed E-state index contributed by atoms with van der Waals surface area (Å²) >= 11 is 18.5. The highest BCUT2D eigenvalue weighted by Gasteiger charge is 2.17. The van der Waals surface area contributed by atoms with Crippen molar-refractivity contribution in [1.82, 2.24) is 29.9 Å². The van der Waals surface area contributed by atoms with E-state index in [1.165, 1.54) is 12.7 Å². The SMILES string of the molecule is Nc1cc(Nc2ncnc3nc(-c4c(Cl)cc(Cl)cc4Cl)[nH]c23)ncn1. The number of nitrogens with two attached hydrogens (primary N) is 1. The summed E-state index contributed by atoms with van der Waals surface area (Å²) in [4.78, 5) is 23.9. The Morgan fingerprint density at radius 2 is 1.65 bits per heavy atom. The third kappa shape index (κ3) is 3.10. The zero-order valence-corrected chi connectivity index (χ0v) is 15.1. The van der Waals surface area contributed by atoms with Gasteiger partial charge in [0.2, 0.25) is 0 Å². The molecule has 4 aromatic rings. The van der Waals surface area contributed by atoms with Gasteiger partial charge in [-0.1, -0.05) is 34.8 Å². The number of rotatable bonds is 3. The van der Waals surface area contributed by atoms with Gasteiger partial charge in [-0.05, 0) is 12.1 Å². The molecule has 0 unspecified atom stereocenters. The molecule has 0 bridgehead atoms. The number of hydrogen-bond donors (Lipinski definition) is 3. The van der Waals surface area contributed by atoms with Gasteiger partial charge in [-0.2, -0.15) is 0 Å². The van der Waals surface area contributed by atoms with Crippen LogP contribution in [0.4, 0.5) is 17.5 Å². The Morgan fingerprint density at radius 1 is 0.923 bits per heavy atom. The number of nitrogen functional groups attached to an aromatic ring is 1. The fourth-order valence-electron chi connectivity index (χ4n) is 2.37. The molecule has 1 aromatic carbocycles. The zero-order chi connectivity index (χ0) is 18.3. The van der Waals surface area contributed by atoms with Crippen LogP contribution in [0.15, 0.2) is 30.9 Å². The van der Waals surface area contributed by atoms with Crippen LogP contribution in [0.3, 0.4) is 0 Å². The number of imidazole rings is 1. The Hall–Kier alpha value is -2.68. The smallest absolute Gasteiger partial charge is 0.183 e. The largest absolute Gasteiger partial charge is 0.384 e. The summed E-state index contributed by atoms with van der Waals surface area (Å²) in [6, 6.07) is 4.76. The molecule has 8 nitrogen and oxygen atoms in total. The van der Waals surface area contributed by atoms with Crippen molar-refractivity contribution in [3.05, 3.63) is 45.9 Å². The van der Waals surface area contributed by atoms with E-state index in [-0.39, 0.29) is 0 Å². The van der Waals surface area contributed by atoms with Crippen molar-refractivity contribution in [1.29, 1.82) is 0 Å². The number of nitrogens with zero attached hydrogens (tertiary/aromatic N) is 5. The molecule has 0 atom stereocenters. The average molecular weight is 408 g/mol. The fourth-order valence-corrected chi connectivity index (χ4v) is 3.37. The number of benzene rings is 1. The molecule has 3 aromatic heterocycles. The van der Waals surface area contributed by atoms with Gasteiger partial charge in [-0.25, -0.2) is 24.9 Å². The number of H-pyrrole nitrogens is 1. The van der Waals surface area contributed by atoms with Crippen molar-refractivity contribution < 1.29 is 0 Å². The third-order valence-corrected chi connectivity index (χ3v) is 4.28. The van der Waals surface area contributed by atoms with Crippen LogP contribution in [-0.4, -0.2) is 29.9 Å². The monoisotopic (exact) mass is 406 g/mol. The fraction of sp³-hybridized carbons (Fsp3) is 0. The number of anilines is 3. The topological polar surface area (TPSA) is 118 Å². The molecule has 0 aliphatic carbocycles. The number of fused-ring (bicyclic) bond motifs is 1. The lowest BCUT2D eigenvalue weighted by molar-refractivity contribution is 1.15. The van der Waals surface area contributed by atoms with E-state index in [1.54, 1.807) is 18.2 Å². The van der Waals surface area contributed by atoms with Crippen LogP contribution < -0.4 is 11.1 Å². The van der Waals surface area contributed by atoms with Crippen molar-refractivity contribution >= 4 is 63.4 Å². The van der Waals surface area contributed by atoms with E-state index in [0.717, 1.165) is 0 Å². The Labute approximate surface area is 161 Å². The molecule has 0 saturated heterocycles. The van der Waals surface area contributed by atoms with Crippen molar-refractivity contribution in [2.24, 2.45) is 0 Å². The van der Waals surface area contributed by atoms with Gasteiger partial charge in [0.05, 0.1) is 15.6 Å². The van der Waals surface area contributed by atoms with Gasteiger partial charge in [-0.3, -0.25) is 0 Å². The number of hydrogen-bond acceptors (Lipinski definition) is 7. The normalized spacial score (nSPS) is 11.0. The van der Waals surface area contributed by atoms with Crippen molar-refractivity contribution in [3.63, 3.8) is 0 Å². The Bertz CT molecular complexity index is 1100. The maximum atomic E-state index is 6.27. The predicted octanol–water partition coefficient (Wildman–Crippen LogP) is 4.10. The summed E-state index contributed by atoms with van der Waals surface area (Å²) in [5.74, 6) is 1.72. The van der Waals surface area contributed by atoms with Crippen LogP contribution in [0.5, 0.6) is 0 Å². The summed E-state index contributed by atoms with van der Waals surface area (Å²) in [6.45, 7) is 0. The number of aromatic nitrogens is 6. The second-order valence-electron chi connectivity index (χ2n) is 5.20. The van der Waals surface area contributed by atoms with Crippen LogP contribution in [0.2, 0.25) is 15.1 Å². The molecule has 3 heterocycles. The highest BCUT2D eigenvalue weighted by Crippen LogP contribution is 2.37. The molecule has 0 aliphatic rings. The number of aromatic amines is 1. The quantitative estimate of drug-likeness (QED) is 0.468. The Morgan fingerprint density at radius 3 is 2.38 bits per heavy atom. The van der Waals surface area contributed by atoms with Crippen molar-refractivity contribution in [2.45, 2.75) is 0 Å². The lowest BCUT2D eigenvalue weighted by atomic mass is 10.2. The molecule has 0 saturated carbocycles. The van der Waals surface area contributed by atoms with E-state index < -0.39 is 0 Å². The molecular weight excluding hydrogens is 399 g/mol. The minimum Gasteiger partial charge on any atom is -0.384 e. The van der Waals surface area contributed by atoms with Gasteiger partial charge in [-0.15, -0.1) is 0 Å². The lowest BCUT2D eigenvalue weighted by Crippen LogP contribution is -2.00. The standard InChI is InChI=1S/C15H9Cl3N8/c16-6-1-7(17)11(8(18)2-6)13-25-12-14(22-5-23-15(12)26-13)24-10-3-9(19)20-4-21-10/h1-5H,(H4,19,20,21,22,23,24,25,26). The maximum absolute atomic E-state index is 6.27. The first kappa shape index (κ1) is 16.8. The van der Waals surface area contributed by atoms with E-state index in [1.807, 2.05) is 0 Å². The summed E-state index contributed by atoms with van der Waals surface area (Å²) in [6.07, 6.45) is 2.73. The molecule has 11 heteroatoms. The Balaban J connectivity index is 1.81. The summed E-state index contributed by atoms with van der Waals surface area (Å²) in [7, 11) is 0. The third-order valence-electron chi connectivity index (χ3n) is 3.47. The Kier molecular flexibility index (Phi) is 4.23. The molecule has 4 rings (SSSR count). The molecule has 0 amide bonds. The van der Waals surface area contributed by atoms with Gasteiger partial charge in [0.1, 0.15) is 35.6 Å². The first-order valence-corrected chi connectivity index (χ1v) is 8.35. The highest BCUT2D eigenvalue weighted by molar-refractivity contribution is 6.41. The van der Waals surface area contributed by atoms with E-state index in [0.29, 0.717) is 55.1 Å². The average Bonchev–Trinajstić information content (AvgIpc) is 2.98. The van der Waals surface area contributed by atoms with Gasteiger partial charge in [0.25, 0.3) is 0 Å². The molecule has 4 N–H and O–H groups in total. The van der Waals surface area contributed by atoms with Crippen molar-refractivity contribution in [3.8, 4) is 11.4 Å². The second kappa shape index (κ2) is 6.56. The van der Waals surface area contributed by atoms with Gasteiger partial charge >= 0.3 is 0 Å². The zero-order valence-electron chi connectivity index (χ0n) is 12.8. The molecule has 0 fully saturated rings. The van der Waals surface area contributed by atoms with Crippen molar-refractivity contribution in [2.75, 3.05) is 11.1 Å². The van der Waals surface area contributed by atoms with Gasteiger partial charge in [0.15, 0.2) is 11.5 Å². The molecule has 130 valence electrons. The molecular formula is C15H9Cl3N8. The van der Waals surface area contributed by atoms with Gasteiger partial charge < -0.3 is 16.0 Å². The molecule has 0 radical (unpaired) electrons. The minimum absolute atomic E-state index is 0.331. The predicted molar refractivity (Wildman–Crippen MR) is 102 cm³/mol. The van der Waals surface area contributed by atoms with Crippen LogP contribution >= 0.6 is 34.8 Å². The minimum atomic E-state index is 0.331. The van der Waals surface area contributed by atoms with E-state index in [9.17, 15) is 0 Å². The summed E-state index contributed by atoms with van der Waals surface area (Å²) < 4.78 is 0. The second-order valence-corrected chi connectivity index (χ2v) is 6.45. The van der Waals surface area contributed by atoms with E-state index in [2.05, 4.69) is 35.2 Å². The van der Waals surface area contributed by atoms with Crippen LogP contribution in [0, 0.1) is 0 Å². The first-order chi connectivity index (χ1) is 12.5. The lowest BCUT2D eigenvalue weighted by Gasteiger charge is -2.05. The number of nitrogens with one attached hydrogen (secondary N) is 2. The van der Waals surface area contributed by atoms with Gasteiger partial charge in [0, 0.05) is 11.1 Å². The molecule has 0 aliphatic heterocycles. The number of halogens is 3. The van der Waals surface area contributed by atoms with E-state index in [4.69, 9.17) is 40.5 Å². The molecule has 26 heavy (non-hydrogen) atoms. The van der Waals surface area contributed by atoms with Crippen LogP contribution in [0.25, 0.3) is 22.6 Å². The summed E-state index contributed by atoms with van der Waals surface area (Å²) in [5.41, 5.74) is 7.18. The molecule has 0 spiro atoms. The van der Waals surface area contributed by atoms with Crippen LogP contribution in [0.1, 0.15) is 0 Å². The summed E-state index contributed by atoms with van der Waals surface area (Å²) in [5, 5.41) is 4.22. The van der Waals surface area contributed by atoms with E-state index >= 15 is 0 Å². The maximum Gasteiger partial charge on any atom is 0.183 e.